The number of piperazine rings is 1. The standard InChI is InChI=1S/C28H35N3O2/c1-2-8-21(17-23(29)18-22-10-4-6-14-27(22)32)26-19-31(16-15-30-26)28(33)25-13-7-11-20-9-3-5-12-24(20)25/h3-7,9-14,21,23,26,30,32H,2,8,15-19,29H2,1H3/t21?,23?,26-/m1/s1. The fourth-order valence-corrected chi connectivity index (χ4v) is 5.15. The Morgan fingerprint density at radius 3 is 2.70 bits per heavy atom. The normalized spacial score (nSPS) is 18.2. The van der Waals surface area contributed by atoms with Gasteiger partial charge in [-0.05, 0) is 53.6 Å². The van der Waals surface area contributed by atoms with E-state index < -0.39 is 0 Å². The number of aromatic hydroxyl groups is 1. The predicted octanol–water partition coefficient (Wildman–Crippen LogP) is 4.34. The lowest BCUT2D eigenvalue weighted by molar-refractivity contribution is 0.0667. The topological polar surface area (TPSA) is 78.6 Å². The second kappa shape index (κ2) is 10.8. The Labute approximate surface area is 196 Å². The molecular formula is C28H35N3O2. The van der Waals surface area contributed by atoms with Crippen molar-refractivity contribution in [3.63, 3.8) is 0 Å². The fourth-order valence-electron chi connectivity index (χ4n) is 5.15. The molecule has 1 amide bonds. The summed E-state index contributed by atoms with van der Waals surface area (Å²) in [6.07, 6.45) is 3.64. The van der Waals surface area contributed by atoms with E-state index in [-0.39, 0.29) is 18.0 Å². The zero-order chi connectivity index (χ0) is 23.2. The third-order valence-corrected chi connectivity index (χ3v) is 6.82. The molecule has 4 N–H and O–H groups in total. The number of nitrogens with two attached hydrogens (primary N) is 1. The molecule has 1 saturated heterocycles. The van der Waals surface area contributed by atoms with E-state index in [0.29, 0.717) is 31.2 Å². The summed E-state index contributed by atoms with van der Waals surface area (Å²) in [6.45, 7) is 4.39. The molecule has 2 unspecified atom stereocenters. The van der Waals surface area contributed by atoms with Crippen LogP contribution in [0.1, 0.15) is 42.1 Å². The van der Waals surface area contributed by atoms with Crippen LogP contribution in [-0.2, 0) is 6.42 Å². The smallest absolute Gasteiger partial charge is 0.254 e. The summed E-state index contributed by atoms with van der Waals surface area (Å²) in [6, 6.07) is 21.6. The summed E-state index contributed by atoms with van der Waals surface area (Å²) in [7, 11) is 0. The number of benzene rings is 3. The Morgan fingerprint density at radius 1 is 1.12 bits per heavy atom. The van der Waals surface area contributed by atoms with E-state index in [0.717, 1.165) is 47.7 Å². The summed E-state index contributed by atoms with van der Waals surface area (Å²) in [5.41, 5.74) is 8.21. The number of phenols is 1. The number of fused-ring (bicyclic) bond motifs is 1. The van der Waals surface area contributed by atoms with Gasteiger partial charge < -0.3 is 21.1 Å². The first-order valence-corrected chi connectivity index (χ1v) is 12.1. The van der Waals surface area contributed by atoms with Crippen molar-refractivity contribution in [2.45, 2.75) is 44.7 Å². The van der Waals surface area contributed by atoms with Crippen molar-refractivity contribution >= 4 is 16.7 Å². The first-order chi connectivity index (χ1) is 16.1. The van der Waals surface area contributed by atoms with Crippen molar-refractivity contribution in [1.82, 2.24) is 10.2 Å². The zero-order valence-corrected chi connectivity index (χ0v) is 19.4. The third-order valence-electron chi connectivity index (χ3n) is 6.82. The summed E-state index contributed by atoms with van der Waals surface area (Å²) in [4.78, 5) is 15.5. The van der Waals surface area contributed by atoms with E-state index in [1.54, 1.807) is 6.07 Å². The van der Waals surface area contributed by atoms with Crippen molar-refractivity contribution in [2.75, 3.05) is 19.6 Å². The molecule has 0 aromatic heterocycles. The van der Waals surface area contributed by atoms with Gasteiger partial charge >= 0.3 is 0 Å². The molecule has 5 nitrogen and oxygen atoms in total. The predicted molar refractivity (Wildman–Crippen MR) is 134 cm³/mol. The van der Waals surface area contributed by atoms with E-state index >= 15 is 0 Å². The molecule has 0 saturated carbocycles. The summed E-state index contributed by atoms with van der Waals surface area (Å²) >= 11 is 0. The molecule has 1 heterocycles. The zero-order valence-electron chi connectivity index (χ0n) is 19.4. The molecular weight excluding hydrogens is 410 g/mol. The molecule has 174 valence electrons. The molecule has 0 bridgehead atoms. The van der Waals surface area contributed by atoms with Crippen LogP contribution in [0.3, 0.4) is 0 Å². The lowest BCUT2D eigenvalue weighted by atomic mass is 9.85. The minimum Gasteiger partial charge on any atom is -0.508 e. The number of amides is 1. The second-order valence-electron chi connectivity index (χ2n) is 9.22. The molecule has 1 fully saturated rings. The number of nitrogens with one attached hydrogen (secondary N) is 1. The van der Waals surface area contributed by atoms with Crippen molar-refractivity contribution in [3.8, 4) is 5.75 Å². The Kier molecular flexibility index (Phi) is 7.63. The molecule has 3 aromatic carbocycles. The van der Waals surface area contributed by atoms with E-state index in [2.05, 4.69) is 24.4 Å². The Morgan fingerprint density at radius 2 is 1.88 bits per heavy atom. The number of nitrogens with zero attached hydrogens (tertiary/aromatic N) is 1. The van der Waals surface area contributed by atoms with E-state index in [1.165, 1.54) is 0 Å². The Balaban J connectivity index is 1.45. The lowest BCUT2D eigenvalue weighted by Crippen LogP contribution is -2.56. The first-order valence-electron chi connectivity index (χ1n) is 12.1. The maximum Gasteiger partial charge on any atom is 0.254 e. The molecule has 4 rings (SSSR count). The van der Waals surface area contributed by atoms with Crippen LogP contribution in [-0.4, -0.2) is 47.6 Å². The maximum atomic E-state index is 13.5. The van der Waals surface area contributed by atoms with Gasteiger partial charge in [-0.25, -0.2) is 0 Å². The molecule has 3 atom stereocenters. The van der Waals surface area contributed by atoms with E-state index in [4.69, 9.17) is 5.73 Å². The molecule has 0 aliphatic carbocycles. The molecule has 33 heavy (non-hydrogen) atoms. The number of phenolic OH excluding ortho intramolecular Hbond substituents is 1. The van der Waals surface area contributed by atoms with Crippen LogP contribution < -0.4 is 11.1 Å². The number of para-hydroxylation sites is 1. The monoisotopic (exact) mass is 445 g/mol. The van der Waals surface area contributed by atoms with Gasteiger partial charge in [0.15, 0.2) is 0 Å². The van der Waals surface area contributed by atoms with Gasteiger partial charge in [-0.15, -0.1) is 0 Å². The lowest BCUT2D eigenvalue weighted by Gasteiger charge is -2.39. The van der Waals surface area contributed by atoms with Gasteiger partial charge in [0, 0.05) is 37.3 Å². The quantitative estimate of drug-likeness (QED) is 0.482. The Hall–Kier alpha value is -2.89. The maximum absolute atomic E-state index is 13.5. The first kappa shape index (κ1) is 23.3. The summed E-state index contributed by atoms with van der Waals surface area (Å²) in [5, 5.41) is 15.9. The van der Waals surface area contributed by atoms with Crippen molar-refractivity contribution in [1.29, 1.82) is 0 Å². The number of carbonyl (C=O) groups excluding carboxylic acids is 1. The van der Waals surface area contributed by atoms with E-state index in [9.17, 15) is 9.90 Å². The van der Waals surface area contributed by atoms with Crippen molar-refractivity contribution < 1.29 is 9.90 Å². The minimum absolute atomic E-state index is 0.0409. The molecule has 1 aliphatic rings. The SMILES string of the molecule is CCCC(CC(N)Cc1ccccc1O)[C@H]1CN(C(=O)c2cccc3ccccc23)CCN1. The van der Waals surface area contributed by atoms with Crippen LogP contribution in [0.4, 0.5) is 0 Å². The molecule has 3 aromatic rings. The summed E-state index contributed by atoms with van der Waals surface area (Å²) < 4.78 is 0. The average molecular weight is 446 g/mol. The number of hydrogen-bond donors (Lipinski definition) is 3. The Bertz CT molecular complexity index is 1080. The number of hydrogen-bond acceptors (Lipinski definition) is 4. The van der Waals surface area contributed by atoms with Crippen LogP contribution >= 0.6 is 0 Å². The van der Waals surface area contributed by atoms with Gasteiger partial charge in [0.05, 0.1) is 0 Å². The minimum atomic E-state index is -0.0409. The van der Waals surface area contributed by atoms with Crippen LogP contribution in [0.2, 0.25) is 0 Å². The summed E-state index contributed by atoms with van der Waals surface area (Å²) in [5.74, 6) is 0.786. The van der Waals surface area contributed by atoms with Gasteiger partial charge in [0.2, 0.25) is 0 Å². The van der Waals surface area contributed by atoms with Gasteiger partial charge in [-0.3, -0.25) is 4.79 Å². The van der Waals surface area contributed by atoms with Gasteiger partial charge in [0.1, 0.15) is 5.75 Å². The highest BCUT2D eigenvalue weighted by molar-refractivity contribution is 6.07. The second-order valence-corrected chi connectivity index (χ2v) is 9.22. The highest BCUT2D eigenvalue weighted by atomic mass is 16.3. The van der Waals surface area contributed by atoms with Crippen molar-refractivity contribution in [2.24, 2.45) is 11.7 Å². The fraction of sp³-hybridized carbons (Fsp3) is 0.393. The highest BCUT2D eigenvalue weighted by Crippen LogP contribution is 2.25. The van der Waals surface area contributed by atoms with Crippen LogP contribution in [0.5, 0.6) is 5.75 Å². The van der Waals surface area contributed by atoms with Crippen LogP contribution in [0.25, 0.3) is 10.8 Å². The van der Waals surface area contributed by atoms with Crippen molar-refractivity contribution in [3.05, 3.63) is 77.9 Å². The average Bonchev–Trinajstić information content (AvgIpc) is 2.84. The largest absolute Gasteiger partial charge is 0.508 e. The van der Waals surface area contributed by atoms with Crippen LogP contribution in [0, 0.1) is 5.92 Å². The number of rotatable bonds is 8. The highest BCUT2D eigenvalue weighted by Gasteiger charge is 2.30. The van der Waals surface area contributed by atoms with Gasteiger partial charge in [-0.2, -0.15) is 0 Å². The number of carbonyl (C=O) groups is 1. The van der Waals surface area contributed by atoms with Gasteiger partial charge in [0.25, 0.3) is 5.91 Å². The third kappa shape index (κ3) is 5.55. The molecule has 0 spiro atoms. The van der Waals surface area contributed by atoms with Crippen LogP contribution in [0.15, 0.2) is 66.7 Å². The van der Waals surface area contributed by atoms with E-state index in [1.807, 2.05) is 53.4 Å². The molecule has 1 aliphatic heterocycles. The molecule has 0 radical (unpaired) electrons. The molecule has 5 heteroatoms. The van der Waals surface area contributed by atoms with Gasteiger partial charge in [-0.1, -0.05) is 67.9 Å².